The van der Waals surface area contributed by atoms with Crippen molar-refractivity contribution in [3.8, 4) is 11.5 Å². The SMILES string of the molecule is CCCCCCCCCCc1cc(O)c(CC=C(C)CCC=C(C)C)c(O)c1. The lowest BCUT2D eigenvalue weighted by Crippen LogP contribution is -1.91. The van der Waals surface area contributed by atoms with Gasteiger partial charge < -0.3 is 10.2 Å². The predicted molar refractivity (Wildman–Crippen MR) is 122 cm³/mol. The summed E-state index contributed by atoms with van der Waals surface area (Å²) in [5.41, 5.74) is 4.31. The van der Waals surface area contributed by atoms with E-state index in [9.17, 15) is 10.2 Å². The predicted octanol–water partition coefficient (Wildman–Crippen LogP) is 8.02. The van der Waals surface area contributed by atoms with Gasteiger partial charge in [-0.05, 0) is 70.6 Å². The second-order valence-electron chi connectivity index (χ2n) is 8.41. The average molecular weight is 387 g/mol. The van der Waals surface area contributed by atoms with Gasteiger partial charge in [-0.1, -0.05) is 75.2 Å². The van der Waals surface area contributed by atoms with Gasteiger partial charge in [-0.2, -0.15) is 0 Å². The second-order valence-corrected chi connectivity index (χ2v) is 8.41. The molecule has 28 heavy (non-hydrogen) atoms. The van der Waals surface area contributed by atoms with Crippen LogP contribution in [0.3, 0.4) is 0 Å². The lowest BCUT2D eigenvalue weighted by atomic mass is 9.99. The highest BCUT2D eigenvalue weighted by Gasteiger charge is 2.09. The molecule has 0 aliphatic carbocycles. The van der Waals surface area contributed by atoms with Crippen LogP contribution in [-0.4, -0.2) is 10.2 Å². The first-order valence-electron chi connectivity index (χ1n) is 11.3. The molecule has 0 bridgehead atoms. The lowest BCUT2D eigenvalue weighted by Gasteiger charge is -2.10. The van der Waals surface area contributed by atoms with Crippen molar-refractivity contribution in [1.82, 2.24) is 0 Å². The molecule has 0 aromatic heterocycles. The van der Waals surface area contributed by atoms with Crippen LogP contribution in [0.25, 0.3) is 0 Å². The molecule has 2 N–H and O–H groups in total. The van der Waals surface area contributed by atoms with Crippen LogP contribution in [0.2, 0.25) is 0 Å². The Morgan fingerprint density at radius 3 is 1.96 bits per heavy atom. The number of phenolic OH excluding ortho intramolecular Hbond substituents is 2. The highest BCUT2D eigenvalue weighted by atomic mass is 16.3. The molecule has 1 aromatic carbocycles. The van der Waals surface area contributed by atoms with Crippen LogP contribution >= 0.6 is 0 Å². The smallest absolute Gasteiger partial charge is 0.123 e. The molecule has 0 aliphatic heterocycles. The number of hydrogen-bond donors (Lipinski definition) is 2. The maximum atomic E-state index is 10.4. The van der Waals surface area contributed by atoms with Gasteiger partial charge in [0.1, 0.15) is 11.5 Å². The minimum Gasteiger partial charge on any atom is -0.508 e. The van der Waals surface area contributed by atoms with E-state index in [0.717, 1.165) is 31.2 Å². The van der Waals surface area contributed by atoms with Crippen molar-refractivity contribution in [2.75, 3.05) is 0 Å². The van der Waals surface area contributed by atoms with Crippen LogP contribution in [0, 0.1) is 0 Å². The Balaban J connectivity index is 2.43. The molecule has 0 aliphatic rings. The Morgan fingerprint density at radius 2 is 1.39 bits per heavy atom. The third-order valence-corrected chi connectivity index (χ3v) is 5.33. The molecule has 1 rings (SSSR count). The van der Waals surface area contributed by atoms with E-state index in [1.54, 1.807) is 0 Å². The molecule has 2 nitrogen and oxygen atoms in total. The van der Waals surface area contributed by atoms with E-state index in [1.807, 2.05) is 12.1 Å². The summed E-state index contributed by atoms with van der Waals surface area (Å²) in [6.07, 6.45) is 18.3. The molecule has 0 unspecified atom stereocenters. The first-order valence-corrected chi connectivity index (χ1v) is 11.3. The summed E-state index contributed by atoms with van der Waals surface area (Å²) in [5, 5.41) is 20.7. The summed E-state index contributed by atoms with van der Waals surface area (Å²) < 4.78 is 0. The fourth-order valence-electron chi connectivity index (χ4n) is 3.48. The molecule has 158 valence electrons. The average Bonchev–Trinajstić information content (AvgIpc) is 2.63. The monoisotopic (exact) mass is 386 g/mol. The van der Waals surface area contributed by atoms with Gasteiger partial charge in [-0.15, -0.1) is 0 Å². The van der Waals surface area contributed by atoms with Crippen molar-refractivity contribution in [2.24, 2.45) is 0 Å². The Kier molecular flexibility index (Phi) is 12.4. The highest BCUT2D eigenvalue weighted by molar-refractivity contribution is 5.47. The Hall–Kier alpha value is -1.70. The van der Waals surface area contributed by atoms with Crippen LogP contribution in [0.1, 0.15) is 103 Å². The van der Waals surface area contributed by atoms with E-state index in [-0.39, 0.29) is 11.5 Å². The molecule has 0 spiro atoms. The molecular formula is C26H42O2. The van der Waals surface area contributed by atoms with Crippen molar-refractivity contribution in [2.45, 2.75) is 105 Å². The van der Waals surface area contributed by atoms with Gasteiger partial charge in [-0.25, -0.2) is 0 Å². The maximum Gasteiger partial charge on any atom is 0.123 e. The fraction of sp³-hybridized carbons (Fsp3) is 0.615. The summed E-state index contributed by atoms with van der Waals surface area (Å²) in [6.45, 7) is 8.59. The summed E-state index contributed by atoms with van der Waals surface area (Å²) in [6, 6.07) is 3.67. The lowest BCUT2D eigenvalue weighted by molar-refractivity contribution is 0.439. The Labute approximate surface area is 173 Å². The van der Waals surface area contributed by atoms with E-state index in [0.29, 0.717) is 12.0 Å². The number of benzene rings is 1. The number of rotatable bonds is 14. The topological polar surface area (TPSA) is 40.5 Å². The molecular weight excluding hydrogens is 344 g/mol. The zero-order valence-corrected chi connectivity index (χ0v) is 18.7. The number of hydrogen-bond acceptors (Lipinski definition) is 2. The third kappa shape index (κ3) is 10.6. The number of aryl methyl sites for hydroxylation is 1. The fourth-order valence-corrected chi connectivity index (χ4v) is 3.48. The molecule has 2 heteroatoms. The van der Waals surface area contributed by atoms with Crippen molar-refractivity contribution >= 4 is 0 Å². The Bertz CT molecular complexity index is 598. The minimum atomic E-state index is 0.225. The van der Waals surface area contributed by atoms with E-state index in [4.69, 9.17) is 0 Å². The van der Waals surface area contributed by atoms with E-state index in [1.165, 1.54) is 56.1 Å². The molecule has 0 fully saturated rings. The molecule has 0 atom stereocenters. The minimum absolute atomic E-state index is 0.225. The van der Waals surface area contributed by atoms with Crippen molar-refractivity contribution in [3.63, 3.8) is 0 Å². The zero-order valence-electron chi connectivity index (χ0n) is 18.7. The van der Waals surface area contributed by atoms with E-state index >= 15 is 0 Å². The van der Waals surface area contributed by atoms with Crippen LogP contribution in [-0.2, 0) is 12.8 Å². The molecule has 0 saturated heterocycles. The number of aromatic hydroxyl groups is 2. The van der Waals surface area contributed by atoms with E-state index < -0.39 is 0 Å². The first-order chi connectivity index (χ1) is 13.4. The molecule has 0 heterocycles. The van der Waals surface area contributed by atoms with E-state index in [2.05, 4.69) is 39.8 Å². The van der Waals surface area contributed by atoms with Gasteiger partial charge in [-0.3, -0.25) is 0 Å². The van der Waals surface area contributed by atoms with Gasteiger partial charge in [0.15, 0.2) is 0 Å². The molecule has 0 amide bonds. The third-order valence-electron chi connectivity index (χ3n) is 5.33. The van der Waals surface area contributed by atoms with Gasteiger partial charge in [0, 0.05) is 5.56 Å². The second kappa shape index (κ2) is 14.3. The van der Waals surface area contributed by atoms with Crippen LogP contribution in [0.5, 0.6) is 11.5 Å². The summed E-state index contributed by atoms with van der Waals surface area (Å²) in [4.78, 5) is 0. The quantitative estimate of drug-likeness (QED) is 0.251. The summed E-state index contributed by atoms with van der Waals surface area (Å²) in [5.74, 6) is 0.450. The van der Waals surface area contributed by atoms with Crippen molar-refractivity contribution in [1.29, 1.82) is 0 Å². The van der Waals surface area contributed by atoms with Gasteiger partial charge in [0.2, 0.25) is 0 Å². The highest BCUT2D eigenvalue weighted by Crippen LogP contribution is 2.31. The van der Waals surface area contributed by atoms with Crippen molar-refractivity contribution < 1.29 is 10.2 Å². The van der Waals surface area contributed by atoms with Crippen molar-refractivity contribution in [3.05, 3.63) is 46.6 Å². The van der Waals surface area contributed by atoms with Gasteiger partial charge >= 0.3 is 0 Å². The number of phenols is 2. The van der Waals surface area contributed by atoms with Crippen LogP contribution in [0.15, 0.2) is 35.4 Å². The largest absolute Gasteiger partial charge is 0.508 e. The number of allylic oxidation sites excluding steroid dienone is 4. The molecule has 1 aromatic rings. The first kappa shape index (κ1) is 24.3. The summed E-state index contributed by atoms with van der Waals surface area (Å²) in [7, 11) is 0. The number of unbranched alkanes of at least 4 members (excludes halogenated alkanes) is 7. The molecule has 0 saturated carbocycles. The molecule has 0 radical (unpaired) electrons. The maximum absolute atomic E-state index is 10.4. The van der Waals surface area contributed by atoms with Gasteiger partial charge in [0.05, 0.1) is 0 Å². The van der Waals surface area contributed by atoms with Crippen LogP contribution < -0.4 is 0 Å². The summed E-state index contributed by atoms with van der Waals surface area (Å²) >= 11 is 0. The van der Waals surface area contributed by atoms with Crippen LogP contribution in [0.4, 0.5) is 0 Å². The standard InChI is InChI=1S/C26H42O2/c1-5-6-7-8-9-10-11-12-16-23-19-25(27)24(26(28)20-23)18-17-22(4)15-13-14-21(2)3/h14,17,19-20,27-28H,5-13,15-16,18H2,1-4H3. The van der Waals surface area contributed by atoms with Gasteiger partial charge in [0.25, 0.3) is 0 Å². The Morgan fingerprint density at radius 1 is 0.821 bits per heavy atom. The zero-order chi connectivity index (χ0) is 20.8. The normalized spacial score (nSPS) is 11.6.